The molecule has 2 unspecified atom stereocenters. The third kappa shape index (κ3) is 4.07. The average molecular weight is 342 g/mol. The van der Waals surface area contributed by atoms with E-state index in [0.717, 1.165) is 5.56 Å². The van der Waals surface area contributed by atoms with Crippen molar-refractivity contribution in [2.75, 3.05) is 13.6 Å². The van der Waals surface area contributed by atoms with Gasteiger partial charge in [-0.3, -0.25) is 9.59 Å². The summed E-state index contributed by atoms with van der Waals surface area (Å²) in [7, 11) is 1.57. The number of halogens is 3. The number of alkyl halides is 3. The number of carbonyl (C=O) groups excluding carboxylic acids is 2. The van der Waals surface area contributed by atoms with Crippen molar-refractivity contribution in [2.45, 2.75) is 44.4 Å². The van der Waals surface area contributed by atoms with Crippen LogP contribution in [0.15, 0.2) is 30.3 Å². The first-order chi connectivity index (χ1) is 11.2. The van der Waals surface area contributed by atoms with E-state index in [1.807, 2.05) is 37.3 Å². The highest BCUT2D eigenvalue weighted by Crippen LogP contribution is 2.27. The molecule has 2 amide bonds. The van der Waals surface area contributed by atoms with E-state index in [1.165, 1.54) is 4.90 Å². The maximum Gasteiger partial charge on any atom is 0.471 e. The molecule has 0 aliphatic carbocycles. The first kappa shape index (κ1) is 18.3. The summed E-state index contributed by atoms with van der Waals surface area (Å²) in [6, 6.07) is 8.34. The number of likely N-dealkylation sites (N-methyl/N-ethyl adjacent to an activating group) is 1. The normalized spacial score (nSPS) is 19.2. The molecule has 0 aromatic heterocycles. The molecule has 1 saturated heterocycles. The highest BCUT2D eigenvalue weighted by Gasteiger charge is 2.48. The van der Waals surface area contributed by atoms with E-state index in [2.05, 4.69) is 0 Å². The van der Waals surface area contributed by atoms with Gasteiger partial charge < -0.3 is 9.80 Å². The lowest BCUT2D eigenvalue weighted by Gasteiger charge is -2.32. The van der Waals surface area contributed by atoms with Crippen molar-refractivity contribution in [1.29, 1.82) is 0 Å². The maximum absolute atomic E-state index is 12.7. The predicted octanol–water partition coefficient (Wildman–Crippen LogP) is 2.63. The molecule has 1 heterocycles. The lowest BCUT2D eigenvalue weighted by Crippen LogP contribution is -2.52. The monoisotopic (exact) mass is 342 g/mol. The molecular weight excluding hydrogens is 321 g/mol. The second kappa shape index (κ2) is 7.23. The number of nitrogens with zero attached hydrogens (tertiary/aromatic N) is 2. The lowest BCUT2D eigenvalue weighted by atomic mass is 10.1. The minimum absolute atomic E-state index is 0.0321. The second-order valence-electron chi connectivity index (χ2n) is 6.14. The molecular formula is C17H21F3N2O2. The van der Waals surface area contributed by atoms with Crippen LogP contribution >= 0.6 is 0 Å². The molecule has 1 fully saturated rings. The molecule has 0 N–H and O–H groups in total. The lowest BCUT2D eigenvalue weighted by molar-refractivity contribution is -0.187. The Bertz CT molecular complexity index is 589. The number of hydrogen-bond donors (Lipinski definition) is 0. The molecule has 1 aliphatic rings. The molecule has 1 aromatic rings. The Morgan fingerprint density at radius 3 is 2.50 bits per heavy atom. The highest BCUT2D eigenvalue weighted by atomic mass is 19.4. The Kier molecular flexibility index (Phi) is 5.51. The molecule has 0 bridgehead atoms. The molecule has 0 spiro atoms. The van der Waals surface area contributed by atoms with Crippen molar-refractivity contribution in [3.05, 3.63) is 35.9 Å². The summed E-state index contributed by atoms with van der Waals surface area (Å²) < 4.78 is 38.0. The van der Waals surface area contributed by atoms with Gasteiger partial charge in [0.05, 0.1) is 0 Å². The van der Waals surface area contributed by atoms with Gasteiger partial charge in [-0.2, -0.15) is 13.2 Å². The molecule has 1 aromatic carbocycles. The number of hydrogen-bond acceptors (Lipinski definition) is 2. The van der Waals surface area contributed by atoms with Crippen LogP contribution < -0.4 is 0 Å². The fourth-order valence-corrected chi connectivity index (χ4v) is 2.97. The second-order valence-corrected chi connectivity index (χ2v) is 6.14. The Morgan fingerprint density at radius 2 is 1.92 bits per heavy atom. The molecule has 4 nitrogen and oxygen atoms in total. The van der Waals surface area contributed by atoms with Gasteiger partial charge in [0, 0.05) is 19.6 Å². The molecule has 0 radical (unpaired) electrons. The average Bonchev–Trinajstić information content (AvgIpc) is 3.02. The van der Waals surface area contributed by atoms with E-state index in [0.29, 0.717) is 17.7 Å². The maximum atomic E-state index is 12.7. The molecule has 0 saturated carbocycles. The van der Waals surface area contributed by atoms with Gasteiger partial charge in [0.2, 0.25) is 5.91 Å². The number of carbonyl (C=O) groups is 2. The first-order valence-corrected chi connectivity index (χ1v) is 7.90. The summed E-state index contributed by atoms with van der Waals surface area (Å²) in [6.45, 7) is 1.81. The van der Waals surface area contributed by atoms with Gasteiger partial charge >= 0.3 is 12.1 Å². The first-order valence-electron chi connectivity index (χ1n) is 7.90. The zero-order chi connectivity index (χ0) is 17.9. The summed E-state index contributed by atoms with van der Waals surface area (Å²) in [5.74, 6) is -2.36. The largest absolute Gasteiger partial charge is 0.471 e. The van der Waals surface area contributed by atoms with Gasteiger partial charge in [-0.05, 0) is 31.7 Å². The van der Waals surface area contributed by atoms with Gasteiger partial charge in [-0.15, -0.1) is 0 Å². The number of likely N-dealkylation sites (tertiary alicyclic amines) is 1. The smallest absolute Gasteiger partial charge is 0.341 e. The van der Waals surface area contributed by atoms with Crippen LogP contribution in [0.5, 0.6) is 0 Å². The fourth-order valence-electron chi connectivity index (χ4n) is 2.97. The van der Waals surface area contributed by atoms with Crippen molar-refractivity contribution in [3.63, 3.8) is 0 Å². The van der Waals surface area contributed by atoms with E-state index >= 15 is 0 Å². The summed E-state index contributed by atoms with van der Waals surface area (Å²) in [4.78, 5) is 26.2. The summed E-state index contributed by atoms with van der Waals surface area (Å²) in [5, 5.41) is 0. The van der Waals surface area contributed by atoms with E-state index in [-0.39, 0.29) is 19.0 Å². The van der Waals surface area contributed by atoms with E-state index in [1.54, 1.807) is 7.05 Å². The summed E-state index contributed by atoms with van der Waals surface area (Å²) >= 11 is 0. The van der Waals surface area contributed by atoms with Crippen LogP contribution in [0.3, 0.4) is 0 Å². The van der Waals surface area contributed by atoms with Crippen LogP contribution in [0, 0.1) is 0 Å². The van der Waals surface area contributed by atoms with Crippen LogP contribution in [-0.2, 0) is 16.0 Å². The Hall–Kier alpha value is -2.05. The van der Waals surface area contributed by atoms with Crippen molar-refractivity contribution in [1.82, 2.24) is 9.80 Å². The van der Waals surface area contributed by atoms with Crippen LogP contribution in [0.4, 0.5) is 13.2 Å². The molecule has 1 aliphatic heterocycles. The van der Waals surface area contributed by atoms with Crippen molar-refractivity contribution in [3.8, 4) is 0 Å². The third-order valence-electron chi connectivity index (χ3n) is 4.42. The van der Waals surface area contributed by atoms with Gasteiger partial charge in [0.15, 0.2) is 0 Å². The molecule has 24 heavy (non-hydrogen) atoms. The summed E-state index contributed by atoms with van der Waals surface area (Å²) in [6.07, 6.45) is -3.68. The van der Waals surface area contributed by atoms with Gasteiger partial charge in [-0.25, -0.2) is 0 Å². The SMILES string of the molecule is CC(Cc1ccccc1)N(C)C(=O)C1CCCN1C(=O)C(F)(F)F. The van der Waals surface area contributed by atoms with Crippen molar-refractivity contribution < 1.29 is 22.8 Å². The van der Waals surface area contributed by atoms with E-state index < -0.39 is 24.0 Å². The number of benzene rings is 1. The molecule has 2 rings (SSSR count). The summed E-state index contributed by atoms with van der Waals surface area (Å²) in [5.41, 5.74) is 1.04. The number of rotatable bonds is 4. The molecule has 132 valence electrons. The standard InChI is InChI=1S/C17H21F3N2O2/c1-12(11-13-7-4-3-5-8-13)21(2)15(23)14-9-6-10-22(14)16(24)17(18,19)20/h3-5,7-8,12,14H,6,9-11H2,1-2H3. The van der Waals surface area contributed by atoms with Gasteiger partial charge in [0.25, 0.3) is 0 Å². The topological polar surface area (TPSA) is 40.6 Å². The minimum Gasteiger partial charge on any atom is -0.341 e. The zero-order valence-electron chi connectivity index (χ0n) is 13.7. The quantitative estimate of drug-likeness (QED) is 0.844. The number of amides is 2. The van der Waals surface area contributed by atoms with Crippen LogP contribution in [0.25, 0.3) is 0 Å². The minimum atomic E-state index is -4.95. The molecule has 2 atom stereocenters. The zero-order valence-corrected chi connectivity index (χ0v) is 13.7. The van der Waals surface area contributed by atoms with Crippen molar-refractivity contribution >= 4 is 11.8 Å². The van der Waals surface area contributed by atoms with Crippen LogP contribution in [0.1, 0.15) is 25.3 Å². The highest BCUT2D eigenvalue weighted by molar-refractivity contribution is 5.90. The Balaban J connectivity index is 2.05. The van der Waals surface area contributed by atoms with Crippen molar-refractivity contribution in [2.24, 2.45) is 0 Å². The van der Waals surface area contributed by atoms with E-state index in [9.17, 15) is 22.8 Å². The predicted molar refractivity (Wildman–Crippen MR) is 83.2 cm³/mol. The Labute approximate surface area is 139 Å². The fraction of sp³-hybridized carbons (Fsp3) is 0.529. The third-order valence-corrected chi connectivity index (χ3v) is 4.42. The van der Waals surface area contributed by atoms with Gasteiger partial charge in [-0.1, -0.05) is 30.3 Å². The van der Waals surface area contributed by atoms with Crippen LogP contribution in [-0.4, -0.2) is 53.5 Å². The Morgan fingerprint density at radius 1 is 1.29 bits per heavy atom. The van der Waals surface area contributed by atoms with E-state index in [4.69, 9.17) is 0 Å². The molecule has 7 heteroatoms. The van der Waals surface area contributed by atoms with Crippen LogP contribution in [0.2, 0.25) is 0 Å². The van der Waals surface area contributed by atoms with Gasteiger partial charge in [0.1, 0.15) is 6.04 Å².